The van der Waals surface area contributed by atoms with Crippen molar-refractivity contribution in [2.24, 2.45) is 0 Å². The molecule has 1 N–H and O–H groups in total. The second-order valence-corrected chi connectivity index (χ2v) is 5.55. The van der Waals surface area contributed by atoms with E-state index in [1.54, 1.807) is 0 Å². The summed E-state index contributed by atoms with van der Waals surface area (Å²) in [6.07, 6.45) is 1.09. The van der Waals surface area contributed by atoms with Crippen molar-refractivity contribution in [1.82, 2.24) is 4.90 Å². The van der Waals surface area contributed by atoms with Crippen LogP contribution in [0.4, 0.5) is 0 Å². The summed E-state index contributed by atoms with van der Waals surface area (Å²) in [6.45, 7) is 4.00. The van der Waals surface area contributed by atoms with Crippen LogP contribution in [0.5, 0.6) is 0 Å². The molecule has 0 spiro atoms. The second-order valence-electron chi connectivity index (χ2n) is 5.55. The number of benzene rings is 2. The number of hydrogen-bond donors (Lipinski definition) is 1. The average Bonchev–Trinajstić information content (AvgIpc) is 2.83. The molecule has 0 aromatic heterocycles. The topological polar surface area (TPSA) is 60.1 Å². The van der Waals surface area contributed by atoms with Gasteiger partial charge in [0.1, 0.15) is 11.8 Å². The zero-order valence-electron chi connectivity index (χ0n) is 13.3. The van der Waals surface area contributed by atoms with E-state index in [4.69, 9.17) is 15.4 Å². The highest BCUT2D eigenvalue weighted by atomic mass is 16.5. The maximum absolute atomic E-state index is 9.05. The molecule has 2 aromatic rings. The highest BCUT2D eigenvalue weighted by Gasteiger charge is 2.20. The van der Waals surface area contributed by atoms with E-state index in [0.29, 0.717) is 5.57 Å². The van der Waals surface area contributed by atoms with E-state index < -0.39 is 0 Å². The Hall–Kier alpha value is -3.06. The van der Waals surface area contributed by atoms with Crippen LogP contribution >= 0.6 is 0 Å². The van der Waals surface area contributed by atoms with E-state index in [9.17, 15) is 0 Å². The fourth-order valence-electron chi connectivity index (χ4n) is 2.65. The van der Waals surface area contributed by atoms with Gasteiger partial charge < -0.3 is 15.0 Å². The maximum atomic E-state index is 9.05. The number of fused-ring (bicyclic) bond motifs is 1. The molecule has 0 aliphatic carbocycles. The first-order chi connectivity index (χ1) is 11.0. The molecule has 0 fully saturated rings. The molecule has 114 valence electrons. The van der Waals surface area contributed by atoms with Crippen LogP contribution < -0.4 is 10.4 Å². The summed E-state index contributed by atoms with van der Waals surface area (Å²) in [5, 5.41) is 20.2. The fraction of sp³-hybridized carbons (Fsp3) is 0.158. The Kier molecular flexibility index (Phi) is 3.63. The van der Waals surface area contributed by atoms with Crippen molar-refractivity contribution in [2.45, 2.75) is 13.8 Å². The van der Waals surface area contributed by atoms with Gasteiger partial charge in [0, 0.05) is 18.5 Å². The summed E-state index contributed by atoms with van der Waals surface area (Å²) >= 11 is 0. The fourth-order valence-corrected chi connectivity index (χ4v) is 2.65. The molecule has 2 aromatic carbocycles. The highest BCUT2D eigenvalue weighted by Crippen LogP contribution is 2.26. The molecular formula is C19H17N3O. The number of rotatable bonds is 1. The molecule has 0 unspecified atom stereocenters. The molecule has 0 bridgehead atoms. The normalized spacial score (nSPS) is 17.9. The van der Waals surface area contributed by atoms with Gasteiger partial charge in [-0.3, -0.25) is 0 Å². The van der Waals surface area contributed by atoms with Crippen molar-refractivity contribution in [3.8, 4) is 6.07 Å². The van der Waals surface area contributed by atoms with Crippen molar-refractivity contribution >= 4 is 28.4 Å². The average molecular weight is 303 g/mol. The lowest BCUT2D eigenvalue weighted by Crippen LogP contribution is -2.18. The van der Waals surface area contributed by atoms with Gasteiger partial charge >= 0.3 is 0 Å². The lowest BCUT2D eigenvalue weighted by Gasteiger charge is -2.12. The summed E-state index contributed by atoms with van der Waals surface area (Å²) in [7, 11) is 1.99. The number of nitrogens with zero attached hydrogens (tertiary/aromatic N) is 2. The molecule has 4 nitrogen and oxygen atoms in total. The molecule has 23 heavy (non-hydrogen) atoms. The molecule has 4 heteroatoms. The van der Waals surface area contributed by atoms with Crippen molar-refractivity contribution in [1.29, 1.82) is 10.7 Å². The molecule has 0 saturated carbocycles. The summed E-state index contributed by atoms with van der Waals surface area (Å²) in [6, 6.07) is 13.9. The molecule has 3 rings (SSSR count). The minimum atomic E-state index is 0.361. The van der Waals surface area contributed by atoms with Crippen molar-refractivity contribution in [3.63, 3.8) is 0 Å². The van der Waals surface area contributed by atoms with Gasteiger partial charge in [0.05, 0.1) is 11.3 Å². The Bertz CT molecular complexity index is 1010. The van der Waals surface area contributed by atoms with E-state index in [1.165, 1.54) is 0 Å². The van der Waals surface area contributed by atoms with Gasteiger partial charge in [-0.1, -0.05) is 18.2 Å². The van der Waals surface area contributed by atoms with Crippen molar-refractivity contribution in [2.75, 3.05) is 7.05 Å². The summed E-state index contributed by atoms with van der Waals surface area (Å²) in [5.41, 5.74) is 1.47. The monoisotopic (exact) mass is 303 g/mol. The molecular weight excluding hydrogens is 286 g/mol. The first kappa shape index (κ1) is 14.9. The molecule has 1 heterocycles. The van der Waals surface area contributed by atoms with Crippen molar-refractivity contribution < 1.29 is 4.74 Å². The van der Waals surface area contributed by atoms with Crippen LogP contribution in [0.2, 0.25) is 0 Å². The van der Waals surface area contributed by atoms with E-state index in [0.717, 1.165) is 44.8 Å². The number of nitrogens with one attached hydrogen (secondary N) is 1. The predicted molar refractivity (Wildman–Crippen MR) is 91.6 cm³/mol. The van der Waals surface area contributed by atoms with Crippen LogP contribution in [0.1, 0.15) is 13.8 Å². The lowest BCUT2D eigenvalue weighted by atomic mass is 10.1. The zero-order chi connectivity index (χ0) is 16.6. The minimum Gasteiger partial charge on any atom is -0.443 e. The van der Waals surface area contributed by atoms with Gasteiger partial charge in [-0.25, -0.2) is 0 Å². The Morgan fingerprint density at radius 2 is 1.87 bits per heavy atom. The van der Waals surface area contributed by atoms with Gasteiger partial charge in [-0.15, -0.1) is 0 Å². The molecule has 1 aliphatic rings. The third-order valence-corrected chi connectivity index (χ3v) is 4.23. The molecule has 0 radical (unpaired) electrons. The number of ether oxygens (including phenoxy) is 1. The molecule has 0 amide bonds. The smallest absolute Gasteiger partial charge is 0.206 e. The standard InChI is InChI=1S/C19H17N3O/c1-12-13(2)23-19(22(12)3)17-7-6-14-8-16(18(10-20)11-21)5-4-15(14)9-17/h4-10,20H,1-3H3/b18-16+,19-17+,20-10?. The van der Waals surface area contributed by atoms with E-state index in [1.807, 2.05) is 62.2 Å². The summed E-state index contributed by atoms with van der Waals surface area (Å²) in [4.78, 5) is 2.04. The van der Waals surface area contributed by atoms with Crippen LogP contribution in [0.25, 0.3) is 22.2 Å². The van der Waals surface area contributed by atoms with Crippen LogP contribution in [0, 0.1) is 16.7 Å². The van der Waals surface area contributed by atoms with E-state index in [-0.39, 0.29) is 0 Å². The van der Waals surface area contributed by atoms with Gasteiger partial charge in [-0.05, 0) is 48.0 Å². The Morgan fingerprint density at radius 3 is 2.48 bits per heavy atom. The third kappa shape index (κ3) is 2.47. The molecule has 0 saturated heterocycles. The molecule has 0 atom stereocenters. The van der Waals surface area contributed by atoms with Crippen LogP contribution in [0.3, 0.4) is 0 Å². The Balaban J connectivity index is 2.20. The first-order valence-electron chi connectivity index (χ1n) is 7.33. The molecule has 1 aliphatic heterocycles. The van der Waals surface area contributed by atoms with Gasteiger partial charge in [-0.2, -0.15) is 5.26 Å². The van der Waals surface area contributed by atoms with Gasteiger partial charge in [0.25, 0.3) is 0 Å². The number of hydrogen-bond acceptors (Lipinski definition) is 4. The van der Waals surface area contributed by atoms with E-state index in [2.05, 4.69) is 6.07 Å². The van der Waals surface area contributed by atoms with Crippen LogP contribution in [-0.2, 0) is 4.74 Å². The Morgan fingerprint density at radius 1 is 1.17 bits per heavy atom. The first-order valence-corrected chi connectivity index (χ1v) is 7.33. The largest absolute Gasteiger partial charge is 0.443 e. The SMILES string of the molecule is CC1=C(C)N(C)/C(=c2/ccc3c/c(=C(/C#N)C=N)ccc3c2)O1. The van der Waals surface area contributed by atoms with Crippen molar-refractivity contribution in [3.05, 3.63) is 58.3 Å². The van der Waals surface area contributed by atoms with E-state index >= 15 is 0 Å². The Labute approximate surface area is 134 Å². The zero-order valence-corrected chi connectivity index (χ0v) is 13.3. The number of nitriles is 1. The van der Waals surface area contributed by atoms with Crippen LogP contribution in [0.15, 0.2) is 47.9 Å². The third-order valence-electron chi connectivity index (χ3n) is 4.23. The summed E-state index contributed by atoms with van der Waals surface area (Å²) in [5.74, 6) is 1.74. The van der Waals surface area contributed by atoms with Gasteiger partial charge in [0.15, 0.2) is 0 Å². The highest BCUT2D eigenvalue weighted by molar-refractivity contribution is 6.07. The summed E-state index contributed by atoms with van der Waals surface area (Å²) < 4.78 is 5.86. The predicted octanol–water partition coefficient (Wildman–Crippen LogP) is 2.44. The lowest BCUT2D eigenvalue weighted by molar-refractivity contribution is 0.354. The second kappa shape index (κ2) is 5.62. The number of allylic oxidation sites excluding steroid dienone is 2. The van der Waals surface area contributed by atoms with Gasteiger partial charge in [0.2, 0.25) is 5.88 Å². The maximum Gasteiger partial charge on any atom is 0.206 e. The minimum absolute atomic E-state index is 0.361. The quantitative estimate of drug-likeness (QED) is 0.823. The van der Waals surface area contributed by atoms with Crippen LogP contribution in [-0.4, -0.2) is 18.2 Å².